The Kier molecular flexibility index (Phi) is 7.09. The van der Waals surface area contributed by atoms with Crippen LogP contribution in [-0.2, 0) is 11.2 Å². The molecular weight excluding hydrogens is 416 g/mol. The normalized spacial score (nSPS) is 10.7. The second-order valence-corrected chi connectivity index (χ2v) is 7.05. The standard InChI is InChI=1S/C23H24N2O7/c1-4-24(5-2)17-8-11-19-15(3)20(22(26)32-21(19)14-17)12-13-30-23(27)31-18-9-6-16(7-10-18)25(28)29/h6-11,14H,4-5,12-13H2,1-3H3. The van der Waals surface area contributed by atoms with E-state index in [9.17, 15) is 19.7 Å². The highest BCUT2D eigenvalue weighted by atomic mass is 16.7. The summed E-state index contributed by atoms with van der Waals surface area (Å²) < 4.78 is 15.6. The number of carbonyl (C=O) groups is 1. The van der Waals surface area contributed by atoms with Crippen LogP contribution in [0.15, 0.2) is 51.7 Å². The van der Waals surface area contributed by atoms with Gasteiger partial charge in [0.1, 0.15) is 11.3 Å². The molecule has 0 aliphatic heterocycles. The van der Waals surface area contributed by atoms with Crippen LogP contribution in [0.2, 0.25) is 0 Å². The summed E-state index contributed by atoms with van der Waals surface area (Å²) in [5, 5.41) is 11.5. The zero-order valence-corrected chi connectivity index (χ0v) is 18.1. The number of hydrogen-bond donors (Lipinski definition) is 0. The van der Waals surface area contributed by atoms with Crippen LogP contribution in [-0.4, -0.2) is 30.8 Å². The first-order valence-electron chi connectivity index (χ1n) is 10.2. The average molecular weight is 440 g/mol. The van der Waals surface area contributed by atoms with Crippen LogP contribution >= 0.6 is 0 Å². The van der Waals surface area contributed by atoms with Crippen molar-refractivity contribution in [1.82, 2.24) is 0 Å². The SMILES string of the molecule is CCN(CC)c1ccc2c(C)c(CCOC(=O)Oc3ccc([N+](=O)[O-])cc3)c(=O)oc2c1. The zero-order chi connectivity index (χ0) is 23.3. The van der Waals surface area contributed by atoms with Gasteiger partial charge in [-0.15, -0.1) is 0 Å². The molecule has 3 rings (SSSR count). The van der Waals surface area contributed by atoms with E-state index in [4.69, 9.17) is 13.9 Å². The molecule has 0 atom stereocenters. The summed E-state index contributed by atoms with van der Waals surface area (Å²) in [6.45, 7) is 7.56. The summed E-state index contributed by atoms with van der Waals surface area (Å²) in [4.78, 5) is 36.7. The van der Waals surface area contributed by atoms with Crippen molar-refractivity contribution < 1.29 is 23.6 Å². The first kappa shape index (κ1) is 22.8. The van der Waals surface area contributed by atoms with Gasteiger partial charge in [0.2, 0.25) is 0 Å². The maximum atomic E-state index is 12.5. The molecule has 1 aromatic heterocycles. The van der Waals surface area contributed by atoms with E-state index in [0.29, 0.717) is 11.1 Å². The van der Waals surface area contributed by atoms with E-state index >= 15 is 0 Å². The molecular formula is C23H24N2O7. The van der Waals surface area contributed by atoms with Crippen LogP contribution in [0, 0.1) is 17.0 Å². The largest absolute Gasteiger partial charge is 0.513 e. The highest BCUT2D eigenvalue weighted by molar-refractivity contribution is 5.84. The van der Waals surface area contributed by atoms with Gasteiger partial charge in [-0.1, -0.05) is 0 Å². The molecule has 0 bridgehead atoms. The Morgan fingerprint density at radius 3 is 2.44 bits per heavy atom. The molecule has 9 nitrogen and oxygen atoms in total. The van der Waals surface area contributed by atoms with E-state index < -0.39 is 16.7 Å². The number of benzene rings is 2. The Bertz CT molecular complexity index is 1180. The number of aryl methyl sites for hydroxylation is 1. The average Bonchev–Trinajstić information content (AvgIpc) is 2.77. The maximum Gasteiger partial charge on any atom is 0.513 e. The number of anilines is 1. The summed E-state index contributed by atoms with van der Waals surface area (Å²) in [5.74, 6) is 0.117. The number of fused-ring (bicyclic) bond motifs is 1. The van der Waals surface area contributed by atoms with Gasteiger partial charge in [0.25, 0.3) is 5.69 Å². The lowest BCUT2D eigenvalue weighted by atomic mass is 10.0. The molecule has 2 aromatic carbocycles. The van der Waals surface area contributed by atoms with Crippen LogP contribution in [0.4, 0.5) is 16.2 Å². The van der Waals surface area contributed by atoms with Crippen molar-refractivity contribution >= 4 is 28.5 Å². The van der Waals surface area contributed by atoms with Gasteiger partial charge in [0.15, 0.2) is 0 Å². The molecule has 0 amide bonds. The Morgan fingerprint density at radius 1 is 1.12 bits per heavy atom. The molecule has 0 spiro atoms. The van der Waals surface area contributed by atoms with Crippen LogP contribution in [0.5, 0.6) is 5.75 Å². The fourth-order valence-corrected chi connectivity index (χ4v) is 3.46. The molecule has 0 saturated heterocycles. The van der Waals surface area contributed by atoms with E-state index in [1.165, 1.54) is 24.3 Å². The molecule has 0 fully saturated rings. The summed E-state index contributed by atoms with van der Waals surface area (Å²) in [6.07, 6.45) is -0.803. The molecule has 0 aliphatic carbocycles. The van der Waals surface area contributed by atoms with Crippen molar-refractivity contribution in [2.24, 2.45) is 0 Å². The minimum atomic E-state index is -0.967. The third-order valence-corrected chi connectivity index (χ3v) is 5.22. The number of carbonyl (C=O) groups excluding carboxylic acids is 1. The lowest BCUT2D eigenvalue weighted by molar-refractivity contribution is -0.384. The monoisotopic (exact) mass is 440 g/mol. The maximum absolute atomic E-state index is 12.5. The van der Waals surface area contributed by atoms with E-state index in [1.54, 1.807) is 0 Å². The zero-order valence-electron chi connectivity index (χ0n) is 18.1. The van der Waals surface area contributed by atoms with E-state index in [-0.39, 0.29) is 24.5 Å². The quantitative estimate of drug-likeness (QED) is 0.164. The first-order chi connectivity index (χ1) is 15.3. The number of non-ortho nitro benzene ring substituents is 1. The van der Waals surface area contributed by atoms with Crippen molar-refractivity contribution in [3.05, 3.63) is 74.1 Å². The van der Waals surface area contributed by atoms with Crippen molar-refractivity contribution in [3.8, 4) is 5.75 Å². The lowest BCUT2D eigenvalue weighted by Crippen LogP contribution is -2.21. The fraction of sp³-hybridized carbons (Fsp3) is 0.304. The Hall–Kier alpha value is -3.88. The number of nitrogens with zero attached hydrogens (tertiary/aromatic N) is 2. The Labute approximate surface area is 184 Å². The smallest absolute Gasteiger partial charge is 0.434 e. The molecule has 9 heteroatoms. The van der Waals surface area contributed by atoms with E-state index in [2.05, 4.69) is 18.7 Å². The third-order valence-electron chi connectivity index (χ3n) is 5.22. The molecule has 32 heavy (non-hydrogen) atoms. The van der Waals surface area contributed by atoms with E-state index in [0.717, 1.165) is 29.7 Å². The molecule has 168 valence electrons. The molecule has 0 aliphatic rings. The Morgan fingerprint density at radius 2 is 1.81 bits per heavy atom. The van der Waals surface area contributed by atoms with Gasteiger partial charge in [-0.2, -0.15) is 0 Å². The number of nitro benzene ring substituents is 1. The number of hydrogen-bond acceptors (Lipinski definition) is 8. The van der Waals surface area contributed by atoms with Crippen LogP contribution in [0.25, 0.3) is 11.0 Å². The van der Waals surface area contributed by atoms with Crippen molar-refractivity contribution in [1.29, 1.82) is 0 Å². The van der Waals surface area contributed by atoms with Gasteiger partial charge >= 0.3 is 11.8 Å². The van der Waals surface area contributed by atoms with Gasteiger partial charge in [-0.05, 0) is 50.6 Å². The van der Waals surface area contributed by atoms with Crippen molar-refractivity contribution in [2.75, 3.05) is 24.6 Å². The predicted octanol–water partition coefficient (Wildman–Crippen LogP) is 4.61. The fourth-order valence-electron chi connectivity index (χ4n) is 3.46. The highest BCUT2D eigenvalue weighted by Crippen LogP contribution is 2.25. The molecule has 3 aromatic rings. The highest BCUT2D eigenvalue weighted by Gasteiger charge is 2.15. The summed E-state index contributed by atoms with van der Waals surface area (Å²) >= 11 is 0. The minimum absolute atomic E-state index is 0.0829. The second-order valence-electron chi connectivity index (χ2n) is 7.05. The summed E-state index contributed by atoms with van der Waals surface area (Å²) in [5.41, 5.74) is 2.10. The van der Waals surface area contributed by atoms with Gasteiger partial charge in [-0.3, -0.25) is 10.1 Å². The lowest BCUT2D eigenvalue weighted by Gasteiger charge is -2.21. The minimum Gasteiger partial charge on any atom is -0.434 e. The predicted molar refractivity (Wildman–Crippen MR) is 120 cm³/mol. The second kappa shape index (κ2) is 9.95. The Balaban J connectivity index is 1.66. The van der Waals surface area contributed by atoms with Gasteiger partial charge in [-0.25, -0.2) is 9.59 Å². The van der Waals surface area contributed by atoms with Crippen LogP contribution < -0.4 is 15.3 Å². The summed E-state index contributed by atoms with van der Waals surface area (Å²) in [7, 11) is 0. The van der Waals surface area contributed by atoms with Crippen molar-refractivity contribution in [2.45, 2.75) is 27.2 Å². The first-order valence-corrected chi connectivity index (χ1v) is 10.2. The molecule has 0 saturated carbocycles. The molecule has 1 heterocycles. The van der Waals surface area contributed by atoms with Crippen molar-refractivity contribution in [3.63, 3.8) is 0 Å². The van der Waals surface area contributed by atoms with Gasteiger partial charge < -0.3 is 18.8 Å². The molecule has 0 unspecified atom stereocenters. The van der Waals surface area contributed by atoms with Gasteiger partial charge in [0, 0.05) is 54.3 Å². The molecule has 0 N–H and O–H groups in total. The van der Waals surface area contributed by atoms with Crippen LogP contribution in [0.1, 0.15) is 25.0 Å². The topological polar surface area (TPSA) is 112 Å². The number of nitro groups is 1. The molecule has 0 radical (unpaired) electrons. The summed E-state index contributed by atoms with van der Waals surface area (Å²) in [6, 6.07) is 10.8. The number of rotatable bonds is 8. The number of ether oxygens (including phenoxy) is 2. The van der Waals surface area contributed by atoms with Crippen LogP contribution in [0.3, 0.4) is 0 Å². The third kappa shape index (κ3) is 5.05. The van der Waals surface area contributed by atoms with E-state index in [1.807, 2.05) is 25.1 Å². The van der Waals surface area contributed by atoms with Gasteiger partial charge in [0.05, 0.1) is 11.5 Å².